The highest BCUT2D eigenvalue weighted by Gasteiger charge is 2.41. The van der Waals surface area contributed by atoms with Crippen LogP contribution in [0.3, 0.4) is 0 Å². The Kier molecular flexibility index (Phi) is 7.93. The van der Waals surface area contributed by atoms with Crippen molar-refractivity contribution in [1.29, 1.82) is 0 Å². The second kappa shape index (κ2) is 10.7. The van der Waals surface area contributed by atoms with Crippen LogP contribution in [-0.4, -0.2) is 61.6 Å². The Morgan fingerprint density at radius 3 is 2.41 bits per heavy atom. The summed E-state index contributed by atoms with van der Waals surface area (Å²) in [5.41, 5.74) is 0.874. The van der Waals surface area contributed by atoms with E-state index >= 15 is 0 Å². The van der Waals surface area contributed by atoms with Gasteiger partial charge in [-0.3, -0.25) is 14.4 Å². The molecule has 0 fully saturated rings. The number of ether oxygens (including phenoxy) is 1. The van der Waals surface area contributed by atoms with Crippen LogP contribution in [0.15, 0.2) is 53.4 Å². The quantitative estimate of drug-likeness (QED) is 0.550. The molecule has 34 heavy (non-hydrogen) atoms. The van der Waals surface area contributed by atoms with Crippen LogP contribution in [0.2, 0.25) is 0 Å². The number of nitrogens with one attached hydrogen (secondary N) is 1. The van der Waals surface area contributed by atoms with Gasteiger partial charge >= 0.3 is 0 Å². The zero-order valence-corrected chi connectivity index (χ0v) is 20.3. The molecule has 0 aromatic heterocycles. The number of rotatable bonds is 10. The maximum atomic E-state index is 13.2. The lowest BCUT2D eigenvalue weighted by Gasteiger charge is -2.29. The van der Waals surface area contributed by atoms with E-state index in [1.807, 2.05) is 6.92 Å². The van der Waals surface area contributed by atoms with E-state index in [4.69, 9.17) is 4.74 Å². The third kappa shape index (κ3) is 5.22. The van der Waals surface area contributed by atoms with Gasteiger partial charge in [0, 0.05) is 26.1 Å². The van der Waals surface area contributed by atoms with Gasteiger partial charge < -0.3 is 15.0 Å². The van der Waals surface area contributed by atoms with E-state index in [0.717, 1.165) is 16.3 Å². The first-order chi connectivity index (χ1) is 16.2. The molecule has 2 aromatic rings. The molecule has 1 N–H and O–H groups in total. The van der Waals surface area contributed by atoms with Crippen molar-refractivity contribution in [3.05, 3.63) is 59.7 Å². The molecule has 9 nitrogen and oxygen atoms in total. The molecule has 0 saturated heterocycles. The molecule has 0 unspecified atom stereocenters. The molecular weight excluding hydrogens is 458 g/mol. The largest absolute Gasteiger partial charge is 0.497 e. The van der Waals surface area contributed by atoms with Crippen LogP contribution in [0, 0.1) is 0 Å². The number of amides is 3. The van der Waals surface area contributed by atoms with Crippen molar-refractivity contribution in [2.24, 2.45) is 0 Å². The van der Waals surface area contributed by atoms with Crippen LogP contribution in [0.5, 0.6) is 5.75 Å². The monoisotopic (exact) mass is 487 g/mol. The smallest absolute Gasteiger partial charge is 0.269 e. The molecule has 1 atom stereocenters. The molecule has 1 aliphatic heterocycles. The summed E-state index contributed by atoms with van der Waals surface area (Å²) in [4.78, 5) is 39.8. The van der Waals surface area contributed by atoms with E-state index in [-0.39, 0.29) is 35.9 Å². The summed E-state index contributed by atoms with van der Waals surface area (Å²) in [6.45, 7) is 3.87. The topological polar surface area (TPSA) is 113 Å². The summed E-state index contributed by atoms with van der Waals surface area (Å²) in [6, 6.07) is 12.3. The highest BCUT2D eigenvalue weighted by atomic mass is 32.2. The van der Waals surface area contributed by atoms with Crippen molar-refractivity contribution >= 4 is 27.7 Å². The predicted molar refractivity (Wildman–Crippen MR) is 126 cm³/mol. The van der Waals surface area contributed by atoms with Gasteiger partial charge in [0.2, 0.25) is 11.8 Å². The zero-order chi connectivity index (χ0) is 24.9. The minimum absolute atomic E-state index is 0.0603. The summed E-state index contributed by atoms with van der Waals surface area (Å²) in [5.74, 6) is -0.735. The number of hydrogen-bond acceptors (Lipinski definition) is 6. The SMILES string of the molecule is CCCNC(=O)[C@@H](C)N(Cc1ccc(OC)cc1)C(=O)CCN1C(=O)c2ccccc2S1(=O)=O. The Morgan fingerprint density at radius 1 is 1.12 bits per heavy atom. The van der Waals surface area contributed by atoms with Crippen LogP contribution in [-0.2, 0) is 26.2 Å². The maximum Gasteiger partial charge on any atom is 0.269 e. The lowest BCUT2D eigenvalue weighted by Crippen LogP contribution is -2.48. The van der Waals surface area contributed by atoms with Gasteiger partial charge in [-0.05, 0) is 43.2 Å². The van der Waals surface area contributed by atoms with Gasteiger partial charge in [-0.15, -0.1) is 0 Å². The van der Waals surface area contributed by atoms with Crippen molar-refractivity contribution < 1.29 is 27.5 Å². The van der Waals surface area contributed by atoms with Crippen LogP contribution in [0.25, 0.3) is 0 Å². The van der Waals surface area contributed by atoms with E-state index < -0.39 is 27.9 Å². The van der Waals surface area contributed by atoms with Crippen LogP contribution in [0.1, 0.15) is 42.6 Å². The molecule has 0 saturated carbocycles. The standard InChI is InChI=1S/C24H29N3O6S/c1-4-14-25-23(29)17(2)26(16-18-9-11-19(33-3)12-10-18)22(28)13-15-27-24(30)20-7-5-6-8-21(20)34(27,31)32/h5-12,17H,4,13-16H2,1-3H3,(H,25,29)/t17-/m1/s1. The van der Waals surface area contributed by atoms with Crippen LogP contribution < -0.4 is 10.1 Å². The summed E-state index contributed by atoms with van der Waals surface area (Å²) in [7, 11) is -2.46. The van der Waals surface area contributed by atoms with Crippen molar-refractivity contribution in [3.63, 3.8) is 0 Å². The molecule has 2 aromatic carbocycles. The maximum absolute atomic E-state index is 13.2. The first kappa shape index (κ1) is 25.2. The summed E-state index contributed by atoms with van der Waals surface area (Å²) in [6.07, 6.45) is 0.501. The lowest BCUT2D eigenvalue weighted by molar-refractivity contribution is -0.140. The Balaban J connectivity index is 1.77. The fourth-order valence-electron chi connectivity index (χ4n) is 3.70. The Bertz CT molecular complexity index is 1160. The van der Waals surface area contributed by atoms with Gasteiger partial charge in [0.1, 0.15) is 16.7 Å². The highest BCUT2D eigenvalue weighted by Crippen LogP contribution is 2.30. The number of hydrogen-bond donors (Lipinski definition) is 1. The van der Waals surface area contributed by atoms with Gasteiger partial charge in [-0.1, -0.05) is 31.2 Å². The summed E-state index contributed by atoms with van der Waals surface area (Å²) < 4.78 is 31.5. The lowest BCUT2D eigenvalue weighted by atomic mass is 10.1. The van der Waals surface area contributed by atoms with Gasteiger partial charge in [-0.25, -0.2) is 12.7 Å². The molecule has 3 amide bonds. The number of fused-ring (bicyclic) bond motifs is 1. The van der Waals surface area contributed by atoms with Crippen LogP contribution in [0.4, 0.5) is 0 Å². The molecule has 1 heterocycles. The first-order valence-electron chi connectivity index (χ1n) is 11.1. The molecule has 1 aliphatic rings. The third-order valence-electron chi connectivity index (χ3n) is 5.67. The summed E-state index contributed by atoms with van der Waals surface area (Å²) in [5, 5.41) is 2.79. The molecule has 0 bridgehead atoms. The molecule has 0 radical (unpaired) electrons. The molecule has 182 valence electrons. The second-order valence-electron chi connectivity index (χ2n) is 7.97. The van der Waals surface area contributed by atoms with Crippen molar-refractivity contribution in [3.8, 4) is 5.75 Å². The Labute approximate surface area is 199 Å². The average molecular weight is 488 g/mol. The van der Waals surface area contributed by atoms with E-state index in [2.05, 4.69) is 5.32 Å². The van der Waals surface area contributed by atoms with Crippen molar-refractivity contribution in [2.75, 3.05) is 20.2 Å². The fraction of sp³-hybridized carbons (Fsp3) is 0.375. The molecule has 0 aliphatic carbocycles. The number of nitrogens with zero attached hydrogens (tertiary/aromatic N) is 2. The van der Waals surface area contributed by atoms with Crippen molar-refractivity contribution in [2.45, 2.75) is 44.2 Å². The predicted octanol–water partition coefficient (Wildman–Crippen LogP) is 2.17. The summed E-state index contributed by atoms with van der Waals surface area (Å²) >= 11 is 0. The molecule has 0 spiro atoms. The second-order valence-corrected chi connectivity index (χ2v) is 9.80. The molecular formula is C24H29N3O6S. The van der Waals surface area contributed by atoms with E-state index in [0.29, 0.717) is 12.3 Å². The van der Waals surface area contributed by atoms with E-state index in [9.17, 15) is 22.8 Å². The number of benzene rings is 2. The van der Waals surface area contributed by atoms with E-state index in [1.54, 1.807) is 50.4 Å². The first-order valence-corrected chi connectivity index (χ1v) is 12.5. The molecule has 10 heteroatoms. The zero-order valence-electron chi connectivity index (χ0n) is 19.5. The third-order valence-corrected chi connectivity index (χ3v) is 7.51. The van der Waals surface area contributed by atoms with Crippen LogP contribution >= 0.6 is 0 Å². The number of carbonyl (C=O) groups excluding carboxylic acids is 3. The highest BCUT2D eigenvalue weighted by molar-refractivity contribution is 7.90. The number of sulfonamides is 1. The van der Waals surface area contributed by atoms with Gasteiger partial charge in [0.25, 0.3) is 15.9 Å². The normalized spacial score (nSPS) is 14.9. The Morgan fingerprint density at radius 2 is 1.79 bits per heavy atom. The Hall–Kier alpha value is -3.40. The number of carbonyl (C=O) groups is 3. The minimum atomic E-state index is -4.01. The van der Waals surface area contributed by atoms with Gasteiger partial charge in [0.05, 0.1) is 12.7 Å². The van der Waals surface area contributed by atoms with Gasteiger partial charge in [-0.2, -0.15) is 0 Å². The average Bonchev–Trinajstić information content (AvgIpc) is 3.04. The van der Waals surface area contributed by atoms with E-state index in [1.165, 1.54) is 17.0 Å². The minimum Gasteiger partial charge on any atom is -0.497 e. The molecule has 3 rings (SSSR count). The van der Waals surface area contributed by atoms with Gasteiger partial charge in [0.15, 0.2) is 0 Å². The fourth-order valence-corrected chi connectivity index (χ4v) is 5.27. The number of methoxy groups -OCH3 is 1. The van der Waals surface area contributed by atoms with Crippen molar-refractivity contribution in [1.82, 2.24) is 14.5 Å².